The highest BCUT2D eigenvalue weighted by Crippen LogP contribution is 2.56. The lowest BCUT2D eigenvalue weighted by Gasteiger charge is -2.42. The van der Waals surface area contributed by atoms with Crippen molar-refractivity contribution in [2.45, 2.75) is 150 Å². The maximum absolute atomic E-state index is 7.30. The minimum atomic E-state index is -0.301. The highest BCUT2D eigenvalue weighted by molar-refractivity contribution is 7.00. The molecule has 0 saturated heterocycles. The number of hydrogen-bond donors (Lipinski definition) is 0. The van der Waals surface area contributed by atoms with Crippen LogP contribution in [0, 0.1) is 0 Å². The summed E-state index contributed by atoms with van der Waals surface area (Å²) in [4.78, 5) is 5.11. The van der Waals surface area contributed by atoms with Crippen LogP contribution in [0.1, 0.15) is 157 Å². The molecule has 3 aliphatic rings. The second-order valence-corrected chi connectivity index (χ2v) is 28.8. The summed E-state index contributed by atoms with van der Waals surface area (Å²) in [6.45, 7) is 39.7. The van der Waals surface area contributed by atoms with E-state index in [1.165, 1.54) is 88.9 Å². The number of benzene rings is 8. The van der Waals surface area contributed by atoms with Crippen LogP contribution >= 0.6 is 0 Å². The van der Waals surface area contributed by atoms with E-state index in [1.54, 1.807) is 0 Å². The zero-order chi connectivity index (χ0) is 55.1. The Labute approximate surface area is 464 Å². The Morgan fingerprint density at radius 1 is 0.436 bits per heavy atom. The Kier molecular flexibility index (Phi) is 10.6. The van der Waals surface area contributed by atoms with E-state index in [9.17, 15) is 0 Å². The predicted molar refractivity (Wildman–Crippen MR) is 336 cm³/mol. The van der Waals surface area contributed by atoms with E-state index < -0.39 is 0 Å². The van der Waals surface area contributed by atoms with Gasteiger partial charge in [-0.05, 0) is 143 Å². The van der Waals surface area contributed by atoms with Gasteiger partial charge in [0, 0.05) is 66.8 Å². The van der Waals surface area contributed by atoms with E-state index in [0.717, 1.165) is 50.4 Å². The van der Waals surface area contributed by atoms with Crippen LogP contribution in [-0.2, 0) is 32.5 Å². The van der Waals surface area contributed by atoms with Gasteiger partial charge in [-0.2, -0.15) is 0 Å². The topological polar surface area (TPSA) is 24.6 Å². The molecule has 2 aliphatic heterocycles. The summed E-state index contributed by atoms with van der Waals surface area (Å²) in [6, 6.07) is 59.1. The molecule has 10 aromatic rings. The predicted octanol–water partition coefficient (Wildman–Crippen LogP) is 18.4. The molecule has 2 aromatic heterocycles. The maximum atomic E-state index is 7.30. The third-order valence-electron chi connectivity index (χ3n) is 17.9. The Hall–Kier alpha value is -7.24. The normalized spacial score (nSPS) is 14.8. The molecule has 0 spiro atoms. The number of anilines is 6. The number of furan rings is 1. The van der Waals surface area contributed by atoms with Crippen LogP contribution in [0.15, 0.2) is 156 Å². The zero-order valence-electron chi connectivity index (χ0n) is 49.3. The molecule has 13 rings (SSSR count). The van der Waals surface area contributed by atoms with Crippen molar-refractivity contribution in [1.82, 2.24) is 4.57 Å². The fraction of sp³-hybridized carbons (Fsp3) is 0.315. The summed E-state index contributed by atoms with van der Waals surface area (Å²) in [6.07, 6.45) is 0. The van der Waals surface area contributed by atoms with Gasteiger partial charge >= 0.3 is 0 Å². The fourth-order valence-electron chi connectivity index (χ4n) is 13.4. The largest absolute Gasteiger partial charge is 0.454 e. The number of rotatable bonds is 4. The van der Waals surface area contributed by atoms with Gasteiger partial charge in [0.25, 0.3) is 6.71 Å². The molecule has 0 radical (unpaired) electrons. The number of para-hydroxylation sites is 1. The SMILES string of the molecule is CC(C)(C)c1ccc(N(c2ccc(C(C)(C)C)cc2)c2cc3c4c(c2)-n2c5c(c6cc(C(C)(C)C)cc(c62)B4c2ccc(C(C)(C)C)cc2N3c2cccc3c2oc2cc(C(C)(C)C)ccc23)-c2ccccc2C5(C)C)cc1. The van der Waals surface area contributed by atoms with Gasteiger partial charge < -0.3 is 18.8 Å². The van der Waals surface area contributed by atoms with Crippen LogP contribution in [0.2, 0.25) is 0 Å². The summed E-state index contributed by atoms with van der Waals surface area (Å²) in [5.41, 5.74) is 26.5. The molecular weight excluding hydrogens is 946 g/mol. The molecule has 0 N–H and O–H groups in total. The van der Waals surface area contributed by atoms with Crippen LogP contribution < -0.4 is 26.2 Å². The summed E-state index contributed by atoms with van der Waals surface area (Å²) in [5, 5.41) is 3.59. The van der Waals surface area contributed by atoms with Gasteiger partial charge in [0.15, 0.2) is 5.58 Å². The first-order valence-electron chi connectivity index (χ1n) is 28.5. The monoisotopic (exact) mass is 1020 g/mol. The van der Waals surface area contributed by atoms with Crippen LogP contribution in [-0.4, -0.2) is 11.3 Å². The Bertz CT molecular complexity index is 4070. The van der Waals surface area contributed by atoms with Crippen molar-refractivity contribution in [3.05, 3.63) is 191 Å². The van der Waals surface area contributed by atoms with Gasteiger partial charge in [-0.15, -0.1) is 0 Å². The Morgan fingerprint density at radius 2 is 1.00 bits per heavy atom. The summed E-state index contributed by atoms with van der Waals surface area (Å²) in [5.74, 6) is 0. The van der Waals surface area contributed by atoms with E-state index in [2.05, 4.69) is 284 Å². The molecule has 8 aromatic carbocycles. The average Bonchev–Trinajstić information content (AvgIpc) is 3.97. The van der Waals surface area contributed by atoms with Crippen molar-refractivity contribution in [2.24, 2.45) is 0 Å². The summed E-state index contributed by atoms with van der Waals surface area (Å²) in [7, 11) is 0. The zero-order valence-corrected chi connectivity index (χ0v) is 49.3. The van der Waals surface area contributed by atoms with E-state index in [1.807, 2.05) is 0 Å². The molecule has 0 atom stereocenters. The van der Waals surface area contributed by atoms with Crippen molar-refractivity contribution in [2.75, 3.05) is 9.80 Å². The smallest absolute Gasteiger partial charge is 0.252 e. The van der Waals surface area contributed by atoms with Crippen LogP contribution in [0.3, 0.4) is 0 Å². The van der Waals surface area contributed by atoms with E-state index in [4.69, 9.17) is 4.42 Å². The van der Waals surface area contributed by atoms with E-state index in [0.29, 0.717) is 0 Å². The second-order valence-electron chi connectivity index (χ2n) is 28.8. The van der Waals surface area contributed by atoms with Crippen molar-refractivity contribution in [1.29, 1.82) is 0 Å². The summed E-state index contributed by atoms with van der Waals surface area (Å²) < 4.78 is 10.0. The molecule has 5 heteroatoms. The van der Waals surface area contributed by atoms with E-state index >= 15 is 0 Å². The van der Waals surface area contributed by atoms with Crippen LogP contribution in [0.4, 0.5) is 34.1 Å². The second kappa shape index (κ2) is 16.4. The first kappa shape index (κ1) is 50.3. The molecule has 0 unspecified atom stereocenters. The van der Waals surface area contributed by atoms with Crippen molar-refractivity contribution >= 4 is 90.1 Å². The molecule has 1 aliphatic carbocycles. The third kappa shape index (κ3) is 7.46. The van der Waals surface area contributed by atoms with Gasteiger partial charge in [-0.25, -0.2) is 0 Å². The fourth-order valence-corrected chi connectivity index (χ4v) is 13.4. The Morgan fingerprint density at radius 3 is 1.62 bits per heavy atom. The average molecular weight is 1020 g/mol. The lowest BCUT2D eigenvalue weighted by atomic mass is 9.33. The number of nitrogens with zero attached hydrogens (tertiary/aromatic N) is 3. The van der Waals surface area contributed by atoms with Crippen molar-refractivity contribution < 1.29 is 4.42 Å². The maximum Gasteiger partial charge on any atom is 0.252 e. The first-order valence-corrected chi connectivity index (χ1v) is 28.5. The molecule has 78 heavy (non-hydrogen) atoms. The number of fused-ring (bicyclic) bond motifs is 12. The third-order valence-corrected chi connectivity index (χ3v) is 17.9. The van der Waals surface area contributed by atoms with Crippen LogP contribution in [0.25, 0.3) is 49.7 Å². The highest BCUT2D eigenvalue weighted by atomic mass is 16.3. The molecule has 392 valence electrons. The van der Waals surface area contributed by atoms with Gasteiger partial charge in [0.2, 0.25) is 0 Å². The minimum absolute atomic E-state index is 0.000688. The van der Waals surface area contributed by atoms with Crippen molar-refractivity contribution in [3.8, 4) is 16.8 Å². The van der Waals surface area contributed by atoms with Gasteiger partial charge in [0.1, 0.15) is 5.58 Å². The number of hydrogen-bond acceptors (Lipinski definition) is 3. The molecule has 0 saturated carbocycles. The molecule has 4 nitrogen and oxygen atoms in total. The van der Waals surface area contributed by atoms with Crippen molar-refractivity contribution in [3.63, 3.8) is 0 Å². The standard InChI is InChI=1S/C73H76BN3O/c1-68(2,3)43-25-31-48(32-26-43)75(49-33-27-44(28-34-49)69(4,5)6)50-41-60-64-61(42-50)77-65-54(63-53-21-18-19-23-55(53)73(16,17)67(63)77)37-47(72(13,14)15)38-57(65)74(64)56-36-30-45(70(7,8)9)39-59(56)76(60)58-24-20-22-52-51-35-29-46(71(10,11)12)40-62(51)78-66(52)58/h18-42H,1-17H3. The summed E-state index contributed by atoms with van der Waals surface area (Å²) >= 11 is 0. The molecule has 0 fully saturated rings. The highest BCUT2D eigenvalue weighted by Gasteiger charge is 2.49. The van der Waals surface area contributed by atoms with Gasteiger partial charge in [-0.1, -0.05) is 209 Å². The van der Waals surface area contributed by atoms with Gasteiger partial charge in [0.05, 0.1) is 11.4 Å². The van der Waals surface area contributed by atoms with Crippen LogP contribution in [0.5, 0.6) is 0 Å². The lowest BCUT2D eigenvalue weighted by molar-refractivity contribution is 0.587. The number of aromatic nitrogens is 1. The van der Waals surface area contributed by atoms with Gasteiger partial charge in [-0.3, -0.25) is 0 Å². The quantitative estimate of drug-likeness (QED) is 0.164. The molecular formula is C73H76BN3O. The molecule has 0 amide bonds. The molecule has 0 bridgehead atoms. The minimum Gasteiger partial charge on any atom is -0.454 e. The lowest BCUT2D eigenvalue weighted by Crippen LogP contribution is -2.61. The first-order chi connectivity index (χ1) is 36.6. The van der Waals surface area contributed by atoms with E-state index in [-0.39, 0.29) is 39.2 Å². The molecule has 4 heterocycles. The Balaban J connectivity index is 1.21.